The number of nitrogens with one attached hydrogen (secondary N) is 1. The molecule has 2 rings (SSSR count). The predicted octanol–water partition coefficient (Wildman–Crippen LogP) is 1.49. The van der Waals surface area contributed by atoms with Crippen molar-refractivity contribution >= 4 is 5.91 Å². The molecule has 0 aliphatic carbocycles. The normalized spacial score (nSPS) is 15.1. The lowest BCUT2D eigenvalue weighted by Crippen LogP contribution is -2.36. The summed E-state index contributed by atoms with van der Waals surface area (Å²) in [5.74, 6) is 1.35. The number of amides is 1. The Labute approximate surface area is 125 Å². The molecule has 116 valence electrons. The fraction of sp³-hybridized carbons (Fsp3) is 0.562. The van der Waals surface area contributed by atoms with Gasteiger partial charge in [0.05, 0.1) is 19.1 Å². The van der Waals surface area contributed by atoms with Gasteiger partial charge in [0.15, 0.2) is 11.5 Å². The zero-order valence-corrected chi connectivity index (χ0v) is 12.6. The SMILES string of the molecule is CCCNC(=O)C(CN)Cc1ccc2c(c1)OCCCO2. The van der Waals surface area contributed by atoms with Crippen LogP contribution < -0.4 is 20.5 Å². The van der Waals surface area contributed by atoms with Gasteiger partial charge in [0.2, 0.25) is 5.91 Å². The minimum Gasteiger partial charge on any atom is -0.490 e. The van der Waals surface area contributed by atoms with Crippen LogP contribution in [0.3, 0.4) is 0 Å². The van der Waals surface area contributed by atoms with Crippen molar-refractivity contribution in [3.05, 3.63) is 23.8 Å². The summed E-state index contributed by atoms with van der Waals surface area (Å²) in [7, 11) is 0. The van der Waals surface area contributed by atoms with Gasteiger partial charge in [-0.25, -0.2) is 0 Å². The van der Waals surface area contributed by atoms with Gasteiger partial charge in [-0.15, -0.1) is 0 Å². The second kappa shape index (κ2) is 7.88. The quantitative estimate of drug-likeness (QED) is 0.833. The molecular formula is C16H24N2O3. The number of benzene rings is 1. The van der Waals surface area contributed by atoms with Crippen molar-refractivity contribution < 1.29 is 14.3 Å². The Morgan fingerprint density at radius 1 is 1.33 bits per heavy atom. The van der Waals surface area contributed by atoms with Gasteiger partial charge in [-0.05, 0) is 30.5 Å². The van der Waals surface area contributed by atoms with Crippen molar-refractivity contribution in [3.8, 4) is 11.5 Å². The Kier molecular flexibility index (Phi) is 5.87. The molecule has 0 spiro atoms. The third-order valence-corrected chi connectivity index (χ3v) is 3.50. The Hall–Kier alpha value is -1.75. The second-order valence-corrected chi connectivity index (χ2v) is 5.26. The maximum Gasteiger partial charge on any atom is 0.224 e. The number of hydrogen-bond acceptors (Lipinski definition) is 4. The Morgan fingerprint density at radius 3 is 2.81 bits per heavy atom. The molecule has 1 aliphatic heterocycles. The van der Waals surface area contributed by atoms with E-state index in [1.807, 2.05) is 25.1 Å². The standard InChI is InChI=1S/C16H24N2O3/c1-2-6-18-16(19)13(11-17)9-12-4-5-14-15(10-12)21-8-3-7-20-14/h4-5,10,13H,2-3,6-9,11,17H2,1H3,(H,18,19). The molecule has 0 saturated carbocycles. The summed E-state index contributed by atoms with van der Waals surface area (Å²) in [5, 5.41) is 2.90. The van der Waals surface area contributed by atoms with Crippen LogP contribution in [0, 0.1) is 5.92 Å². The molecule has 0 radical (unpaired) electrons. The Balaban J connectivity index is 2.04. The van der Waals surface area contributed by atoms with Crippen LogP contribution in [0.5, 0.6) is 11.5 Å². The molecule has 1 aliphatic rings. The molecule has 5 nitrogen and oxygen atoms in total. The first-order valence-corrected chi connectivity index (χ1v) is 7.61. The first-order valence-electron chi connectivity index (χ1n) is 7.61. The van der Waals surface area contributed by atoms with Crippen LogP contribution in [0.4, 0.5) is 0 Å². The molecule has 0 aromatic heterocycles. The van der Waals surface area contributed by atoms with Crippen molar-refractivity contribution in [2.45, 2.75) is 26.2 Å². The number of ether oxygens (including phenoxy) is 2. The van der Waals surface area contributed by atoms with Crippen molar-refractivity contribution in [1.82, 2.24) is 5.32 Å². The van der Waals surface area contributed by atoms with E-state index in [1.165, 1.54) is 0 Å². The van der Waals surface area contributed by atoms with Gasteiger partial charge < -0.3 is 20.5 Å². The van der Waals surface area contributed by atoms with Crippen LogP contribution >= 0.6 is 0 Å². The van der Waals surface area contributed by atoms with Crippen LogP contribution in [-0.4, -0.2) is 32.2 Å². The van der Waals surface area contributed by atoms with Crippen molar-refractivity contribution in [2.24, 2.45) is 11.7 Å². The molecule has 21 heavy (non-hydrogen) atoms. The van der Waals surface area contributed by atoms with E-state index in [2.05, 4.69) is 5.32 Å². The van der Waals surface area contributed by atoms with Gasteiger partial charge in [-0.2, -0.15) is 0 Å². The lowest BCUT2D eigenvalue weighted by molar-refractivity contribution is -0.124. The molecule has 0 fully saturated rings. The van der Waals surface area contributed by atoms with E-state index in [0.717, 1.165) is 29.9 Å². The van der Waals surface area contributed by atoms with Gasteiger partial charge in [-0.1, -0.05) is 13.0 Å². The van der Waals surface area contributed by atoms with Crippen LogP contribution in [0.1, 0.15) is 25.3 Å². The molecule has 1 amide bonds. The highest BCUT2D eigenvalue weighted by Crippen LogP contribution is 2.31. The van der Waals surface area contributed by atoms with Crippen LogP contribution in [0.2, 0.25) is 0 Å². The molecule has 1 heterocycles. The fourth-order valence-corrected chi connectivity index (χ4v) is 2.29. The first-order chi connectivity index (χ1) is 10.2. The van der Waals surface area contributed by atoms with E-state index in [0.29, 0.717) is 32.7 Å². The van der Waals surface area contributed by atoms with Gasteiger partial charge in [-0.3, -0.25) is 4.79 Å². The van der Waals surface area contributed by atoms with Crippen molar-refractivity contribution in [1.29, 1.82) is 0 Å². The summed E-state index contributed by atoms with van der Waals surface area (Å²) < 4.78 is 11.3. The Bertz CT molecular complexity index is 477. The molecule has 1 aromatic carbocycles. The zero-order chi connectivity index (χ0) is 15.1. The van der Waals surface area contributed by atoms with Crippen LogP contribution in [0.15, 0.2) is 18.2 Å². The van der Waals surface area contributed by atoms with Crippen LogP contribution in [0.25, 0.3) is 0 Å². The molecule has 1 unspecified atom stereocenters. The number of nitrogens with two attached hydrogens (primary N) is 1. The van der Waals surface area contributed by atoms with Crippen LogP contribution in [-0.2, 0) is 11.2 Å². The molecule has 3 N–H and O–H groups in total. The predicted molar refractivity (Wildman–Crippen MR) is 81.6 cm³/mol. The number of rotatable bonds is 6. The maximum absolute atomic E-state index is 12.0. The minimum absolute atomic E-state index is 0.0199. The smallest absolute Gasteiger partial charge is 0.224 e. The number of fused-ring (bicyclic) bond motifs is 1. The third-order valence-electron chi connectivity index (χ3n) is 3.50. The molecule has 1 atom stereocenters. The van der Waals surface area contributed by atoms with E-state index in [1.54, 1.807) is 0 Å². The molecule has 0 bridgehead atoms. The first kappa shape index (κ1) is 15.6. The summed E-state index contributed by atoms with van der Waals surface area (Å²) >= 11 is 0. The second-order valence-electron chi connectivity index (χ2n) is 5.26. The number of hydrogen-bond donors (Lipinski definition) is 2. The van der Waals surface area contributed by atoms with Gasteiger partial charge in [0.1, 0.15) is 0 Å². The van der Waals surface area contributed by atoms with Gasteiger partial charge >= 0.3 is 0 Å². The van der Waals surface area contributed by atoms with E-state index >= 15 is 0 Å². The van der Waals surface area contributed by atoms with Gasteiger partial charge in [0, 0.05) is 19.5 Å². The monoisotopic (exact) mass is 292 g/mol. The highest BCUT2D eigenvalue weighted by Gasteiger charge is 2.18. The molecule has 0 saturated heterocycles. The van der Waals surface area contributed by atoms with E-state index in [-0.39, 0.29) is 11.8 Å². The number of carbonyl (C=O) groups is 1. The maximum atomic E-state index is 12.0. The fourth-order valence-electron chi connectivity index (χ4n) is 2.29. The highest BCUT2D eigenvalue weighted by molar-refractivity contribution is 5.79. The van der Waals surface area contributed by atoms with Crippen molar-refractivity contribution in [2.75, 3.05) is 26.3 Å². The Morgan fingerprint density at radius 2 is 2.10 bits per heavy atom. The highest BCUT2D eigenvalue weighted by atomic mass is 16.5. The molecule has 1 aromatic rings. The van der Waals surface area contributed by atoms with E-state index in [9.17, 15) is 4.79 Å². The molecular weight excluding hydrogens is 268 g/mol. The average Bonchev–Trinajstić information content (AvgIpc) is 2.74. The molecule has 5 heteroatoms. The summed E-state index contributed by atoms with van der Waals surface area (Å²) in [6.07, 6.45) is 2.42. The topological polar surface area (TPSA) is 73.6 Å². The van der Waals surface area contributed by atoms with E-state index < -0.39 is 0 Å². The summed E-state index contributed by atoms with van der Waals surface area (Å²) in [5.41, 5.74) is 6.78. The minimum atomic E-state index is -0.207. The lowest BCUT2D eigenvalue weighted by atomic mass is 9.98. The summed E-state index contributed by atoms with van der Waals surface area (Å²) in [6.45, 7) is 4.40. The largest absolute Gasteiger partial charge is 0.490 e. The van der Waals surface area contributed by atoms with E-state index in [4.69, 9.17) is 15.2 Å². The number of carbonyl (C=O) groups excluding carboxylic acids is 1. The summed E-state index contributed by atoms with van der Waals surface area (Å²) in [4.78, 5) is 12.0. The van der Waals surface area contributed by atoms with Gasteiger partial charge in [0.25, 0.3) is 0 Å². The average molecular weight is 292 g/mol. The third kappa shape index (κ3) is 4.36. The van der Waals surface area contributed by atoms with Crippen molar-refractivity contribution in [3.63, 3.8) is 0 Å². The summed E-state index contributed by atoms with van der Waals surface area (Å²) in [6, 6.07) is 5.84. The lowest BCUT2D eigenvalue weighted by Gasteiger charge is -2.16. The zero-order valence-electron chi connectivity index (χ0n) is 12.6.